The maximum atomic E-state index is 12.1. The fourth-order valence-electron chi connectivity index (χ4n) is 2.56. The number of methoxy groups -OCH3 is 2. The molecule has 3 aromatic carbocycles. The van der Waals surface area contributed by atoms with Gasteiger partial charge in [-0.05, 0) is 53.1 Å². The molecule has 1 N–H and O–H groups in total. The van der Waals surface area contributed by atoms with Gasteiger partial charge in [-0.25, -0.2) is 0 Å². The first kappa shape index (κ1) is 20.3. The summed E-state index contributed by atoms with van der Waals surface area (Å²) in [4.78, 5) is 23.0. The Hall–Kier alpha value is -3.46. The minimum absolute atomic E-state index is 0.0891. The second-order valence-corrected chi connectivity index (χ2v) is 6.73. The molecule has 150 valence electrons. The number of fused-ring (bicyclic) bond motifs is 1. The molecule has 29 heavy (non-hydrogen) atoms. The monoisotopic (exact) mass is 414 g/mol. The molecule has 8 nitrogen and oxygen atoms in total. The van der Waals surface area contributed by atoms with Gasteiger partial charge in [0, 0.05) is 6.07 Å². The summed E-state index contributed by atoms with van der Waals surface area (Å²) in [5.41, 5.74) is -0.0891. The van der Waals surface area contributed by atoms with E-state index in [0.717, 1.165) is 28.5 Å². The molecular weight excluding hydrogens is 396 g/mol. The van der Waals surface area contributed by atoms with E-state index in [1.54, 1.807) is 13.2 Å². The maximum absolute atomic E-state index is 12.1. The Balaban J connectivity index is 1.59. The van der Waals surface area contributed by atoms with Crippen molar-refractivity contribution in [3.8, 4) is 17.2 Å². The first-order valence-corrected chi connectivity index (χ1v) is 9.30. The third-order valence-electron chi connectivity index (χ3n) is 4.02. The van der Waals surface area contributed by atoms with Crippen LogP contribution in [0.15, 0.2) is 59.5 Å². The van der Waals surface area contributed by atoms with Crippen molar-refractivity contribution in [2.75, 3.05) is 20.8 Å². The number of hydrogen-bond acceptors (Lipinski definition) is 7. The molecular formula is C20H18N2O6S. The number of nitro groups is 1. The van der Waals surface area contributed by atoms with Crippen molar-refractivity contribution < 1.29 is 23.9 Å². The molecule has 0 atom stereocenters. The van der Waals surface area contributed by atoms with Crippen LogP contribution in [0.25, 0.3) is 10.8 Å². The standard InChI is InChI=1S/C20H18N2O6S/c1-26-16-6-3-13-4-7-17(10-14(13)9-16)28-12-20(23)21-29-19-8-5-15(22(24)25)11-18(19)27-2/h3-11H,12H2,1-2H3,(H,21,23). The van der Waals surface area contributed by atoms with Crippen molar-refractivity contribution in [3.05, 3.63) is 64.7 Å². The predicted octanol–water partition coefficient (Wildman–Crippen LogP) is 3.97. The van der Waals surface area contributed by atoms with Gasteiger partial charge < -0.3 is 14.2 Å². The van der Waals surface area contributed by atoms with E-state index in [1.807, 2.05) is 30.3 Å². The fourth-order valence-corrected chi connectivity index (χ4v) is 3.23. The number of nitro benzene ring substituents is 1. The molecule has 0 heterocycles. The number of ether oxygens (including phenoxy) is 3. The molecule has 0 radical (unpaired) electrons. The topological polar surface area (TPSA) is 99.9 Å². The zero-order chi connectivity index (χ0) is 20.8. The van der Waals surface area contributed by atoms with E-state index in [4.69, 9.17) is 14.2 Å². The Labute approximate surface area is 171 Å². The summed E-state index contributed by atoms with van der Waals surface area (Å²) < 4.78 is 18.5. The van der Waals surface area contributed by atoms with Gasteiger partial charge in [-0.2, -0.15) is 0 Å². The number of carbonyl (C=O) groups is 1. The van der Waals surface area contributed by atoms with Gasteiger partial charge in [0.2, 0.25) is 0 Å². The highest BCUT2D eigenvalue weighted by molar-refractivity contribution is 7.98. The largest absolute Gasteiger partial charge is 0.497 e. The Bertz CT molecular complexity index is 1060. The first-order valence-electron chi connectivity index (χ1n) is 8.49. The van der Waals surface area contributed by atoms with Crippen molar-refractivity contribution in [2.24, 2.45) is 0 Å². The molecule has 0 aromatic heterocycles. The molecule has 0 saturated heterocycles. The van der Waals surface area contributed by atoms with Crippen LogP contribution in [-0.2, 0) is 4.79 Å². The van der Waals surface area contributed by atoms with Crippen molar-refractivity contribution in [3.63, 3.8) is 0 Å². The van der Waals surface area contributed by atoms with Gasteiger partial charge in [0.25, 0.3) is 11.6 Å². The zero-order valence-electron chi connectivity index (χ0n) is 15.7. The van der Waals surface area contributed by atoms with Crippen LogP contribution in [0.1, 0.15) is 0 Å². The Morgan fingerprint density at radius 1 is 1.00 bits per heavy atom. The van der Waals surface area contributed by atoms with Gasteiger partial charge in [-0.3, -0.25) is 19.6 Å². The fraction of sp³-hybridized carbons (Fsp3) is 0.150. The van der Waals surface area contributed by atoms with E-state index in [0.29, 0.717) is 16.4 Å². The highest BCUT2D eigenvalue weighted by Crippen LogP contribution is 2.31. The molecule has 0 spiro atoms. The summed E-state index contributed by atoms with van der Waals surface area (Å²) in [6, 6.07) is 15.4. The van der Waals surface area contributed by atoms with Crippen LogP contribution in [0.4, 0.5) is 5.69 Å². The molecule has 0 unspecified atom stereocenters. The van der Waals surface area contributed by atoms with Gasteiger partial charge in [0.15, 0.2) is 6.61 Å². The highest BCUT2D eigenvalue weighted by atomic mass is 32.2. The van der Waals surface area contributed by atoms with Gasteiger partial charge in [0.05, 0.1) is 30.1 Å². The molecule has 0 bridgehead atoms. The van der Waals surface area contributed by atoms with Crippen LogP contribution in [-0.4, -0.2) is 31.7 Å². The van der Waals surface area contributed by atoms with Gasteiger partial charge in [0.1, 0.15) is 17.2 Å². The smallest absolute Gasteiger partial charge is 0.273 e. The third kappa shape index (κ3) is 5.08. The van der Waals surface area contributed by atoms with Crippen molar-refractivity contribution in [1.82, 2.24) is 4.72 Å². The van der Waals surface area contributed by atoms with Crippen molar-refractivity contribution in [1.29, 1.82) is 0 Å². The Kier molecular flexibility index (Phi) is 6.40. The van der Waals surface area contributed by atoms with Crippen LogP contribution >= 0.6 is 11.9 Å². The zero-order valence-corrected chi connectivity index (χ0v) is 16.5. The molecule has 0 aliphatic carbocycles. The first-order chi connectivity index (χ1) is 14.0. The lowest BCUT2D eigenvalue weighted by molar-refractivity contribution is -0.385. The van der Waals surface area contributed by atoms with Crippen LogP contribution in [0.3, 0.4) is 0 Å². The molecule has 1 amide bonds. The molecule has 0 fully saturated rings. The number of benzene rings is 3. The molecule has 0 aliphatic rings. The quantitative estimate of drug-likeness (QED) is 0.338. The number of non-ortho nitro benzene ring substituents is 1. The van der Waals surface area contributed by atoms with Crippen LogP contribution < -0.4 is 18.9 Å². The molecule has 3 aromatic rings. The number of amides is 1. The van der Waals surface area contributed by atoms with E-state index in [2.05, 4.69) is 4.72 Å². The molecule has 3 rings (SSSR count). The molecule has 0 saturated carbocycles. The van der Waals surface area contributed by atoms with Crippen molar-refractivity contribution >= 4 is 34.3 Å². The number of rotatable bonds is 8. The average molecular weight is 414 g/mol. The van der Waals surface area contributed by atoms with Crippen LogP contribution in [0.5, 0.6) is 17.2 Å². The van der Waals surface area contributed by atoms with E-state index in [1.165, 1.54) is 25.3 Å². The summed E-state index contributed by atoms with van der Waals surface area (Å²) in [5.74, 6) is 1.23. The van der Waals surface area contributed by atoms with Crippen LogP contribution in [0.2, 0.25) is 0 Å². The second kappa shape index (κ2) is 9.16. The van der Waals surface area contributed by atoms with E-state index < -0.39 is 4.92 Å². The predicted molar refractivity (Wildman–Crippen MR) is 110 cm³/mol. The number of hydrogen-bond donors (Lipinski definition) is 1. The Morgan fingerprint density at radius 2 is 1.72 bits per heavy atom. The van der Waals surface area contributed by atoms with E-state index in [-0.39, 0.29) is 18.2 Å². The average Bonchev–Trinajstić information content (AvgIpc) is 2.75. The van der Waals surface area contributed by atoms with E-state index in [9.17, 15) is 14.9 Å². The SMILES string of the molecule is COc1ccc2ccc(OCC(=O)NSc3ccc([N+](=O)[O-])cc3OC)cc2c1. The number of carbonyl (C=O) groups excluding carboxylic acids is 1. The second-order valence-electron chi connectivity index (χ2n) is 5.88. The summed E-state index contributed by atoms with van der Waals surface area (Å²) in [7, 11) is 3.01. The normalized spacial score (nSPS) is 10.4. The lowest BCUT2D eigenvalue weighted by Crippen LogP contribution is -2.23. The minimum atomic E-state index is -0.511. The minimum Gasteiger partial charge on any atom is -0.497 e. The maximum Gasteiger partial charge on any atom is 0.273 e. The lowest BCUT2D eigenvalue weighted by atomic mass is 10.1. The third-order valence-corrected chi connectivity index (χ3v) is 4.91. The molecule has 0 aliphatic heterocycles. The summed E-state index contributed by atoms with van der Waals surface area (Å²) in [6.45, 7) is -0.183. The van der Waals surface area contributed by atoms with Gasteiger partial charge >= 0.3 is 0 Å². The van der Waals surface area contributed by atoms with Gasteiger partial charge in [-0.15, -0.1) is 0 Å². The number of nitrogens with one attached hydrogen (secondary N) is 1. The summed E-state index contributed by atoms with van der Waals surface area (Å²) in [6.07, 6.45) is 0. The highest BCUT2D eigenvalue weighted by Gasteiger charge is 2.13. The summed E-state index contributed by atoms with van der Waals surface area (Å²) in [5, 5.41) is 12.8. The lowest BCUT2D eigenvalue weighted by Gasteiger charge is -2.10. The number of nitrogens with zero attached hydrogens (tertiary/aromatic N) is 1. The van der Waals surface area contributed by atoms with Crippen molar-refractivity contribution in [2.45, 2.75) is 4.90 Å². The van der Waals surface area contributed by atoms with Crippen LogP contribution in [0, 0.1) is 10.1 Å². The van der Waals surface area contributed by atoms with E-state index >= 15 is 0 Å². The van der Waals surface area contributed by atoms with Gasteiger partial charge in [-0.1, -0.05) is 12.1 Å². The summed E-state index contributed by atoms with van der Waals surface area (Å²) >= 11 is 0.999. The molecule has 9 heteroatoms. The Morgan fingerprint density at radius 3 is 2.41 bits per heavy atom.